The summed E-state index contributed by atoms with van der Waals surface area (Å²) in [5.74, 6) is 0.262. The van der Waals surface area contributed by atoms with Crippen LogP contribution in [0.25, 0.3) is 0 Å². The molecule has 2 rings (SSSR count). The van der Waals surface area contributed by atoms with Crippen molar-refractivity contribution in [1.82, 2.24) is 0 Å². The molecule has 0 heterocycles. The molecule has 0 saturated heterocycles. The molecule has 14 heavy (non-hydrogen) atoms. The third-order valence-electron chi connectivity index (χ3n) is 1.85. The van der Waals surface area contributed by atoms with Crippen LogP contribution in [0.3, 0.4) is 0 Å². The fourth-order valence-corrected chi connectivity index (χ4v) is 1.22. The Bertz CT molecular complexity index is 412. The fraction of sp³-hybridized carbons (Fsp3) is 0. The first-order chi connectivity index (χ1) is 6.84. The van der Waals surface area contributed by atoms with Gasteiger partial charge in [0, 0.05) is 17.4 Å². The minimum atomic E-state index is 0.262. The first kappa shape index (κ1) is 8.63. The lowest BCUT2D eigenvalue weighted by atomic mass is 10.2. The highest BCUT2D eigenvalue weighted by Crippen LogP contribution is 2.19. The van der Waals surface area contributed by atoms with Crippen molar-refractivity contribution in [3.8, 4) is 5.75 Å². The van der Waals surface area contributed by atoms with Gasteiger partial charge in [-0.2, -0.15) is 0 Å². The lowest BCUT2D eigenvalue weighted by Crippen LogP contribution is -1.88. The second-order valence-electron chi connectivity index (χ2n) is 2.96. The Balaban J connectivity index is 2.19. The van der Waals surface area contributed by atoms with Crippen LogP contribution in [0.5, 0.6) is 5.75 Å². The van der Waals surface area contributed by atoms with E-state index in [9.17, 15) is 5.11 Å². The summed E-state index contributed by atoms with van der Waals surface area (Å²) < 4.78 is 0. The van der Waals surface area contributed by atoms with E-state index in [1.807, 2.05) is 30.3 Å². The number of anilines is 2. The number of phenols is 1. The molecule has 0 fully saturated rings. The summed E-state index contributed by atoms with van der Waals surface area (Å²) in [5, 5.41) is 12.4. The highest BCUT2D eigenvalue weighted by Gasteiger charge is 1.93. The Morgan fingerprint density at radius 1 is 1.00 bits per heavy atom. The number of rotatable bonds is 2. The Kier molecular flexibility index (Phi) is 2.36. The first-order valence-corrected chi connectivity index (χ1v) is 4.37. The topological polar surface area (TPSA) is 32.3 Å². The van der Waals surface area contributed by atoms with Gasteiger partial charge in [0.2, 0.25) is 0 Å². The molecular weight excluding hydrogens is 174 g/mol. The highest BCUT2D eigenvalue weighted by atomic mass is 16.3. The number of aromatic hydroxyl groups is 1. The Morgan fingerprint density at radius 3 is 2.50 bits per heavy atom. The molecule has 2 heteroatoms. The molecule has 0 aliphatic heterocycles. The van der Waals surface area contributed by atoms with Gasteiger partial charge in [0.15, 0.2) is 0 Å². The van der Waals surface area contributed by atoms with Crippen molar-refractivity contribution in [1.29, 1.82) is 0 Å². The van der Waals surface area contributed by atoms with Crippen LogP contribution in [-0.4, -0.2) is 5.11 Å². The van der Waals surface area contributed by atoms with Crippen molar-refractivity contribution in [2.75, 3.05) is 5.32 Å². The van der Waals surface area contributed by atoms with Crippen LogP contribution in [0.15, 0.2) is 48.5 Å². The van der Waals surface area contributed by atoms with Gasteiger partial charge in [-0.15, -0.1) is 0 Å². The molecule has 2 nitrogen and oxygen atoms in total. The zero-order chi connectivity index (χ0) is 9.80. The normalized spacial score (nSPS) is 9.71. The first-order valence-electron chi connectivity index (χ1n) is 4.37. The van der Waals surface area contributed by atoms with Crippen LogP contribution in [0, 0.1) is 6.07 Å². The van der Waals surface area contributed by atoms with Crippen LogP contribution in [0.2, 0.25) is 0 Å². The van der Waals surface area contributed by atoms with Gasteiger partial charge in [-0.05, 0) is 30.3 Å². The van der Waals surface area contributed by atoms with Crippen LogP contribution >= 0.6 is 0 Å². The van der Waals surface area contributed by atoms with Crippen molar-refractivity contribution in [2.45, 2.75) is 0 Å². The van der Waals surface area contributed by atoms with E-state index in [4.69, 9.17) is 0 Å². The van der Waals surface area contributed by atoms with Crippen LogP contribution in [-0.2, 0) is 0 Å². The monoisotopic (exact) mass is 184 g/mol. The molecule has 0 saturated carbocycles. The van der Waals surface area contributed by atoms with Gasteiger partial charge < -0.3 is 10.4 Å². The third kappa shape index (κ3) is 2.04. The quantitative estimate of drug-likeness (QED) is 0.752. The molecule has 0 amide bonds. The second-order valence-corrected chi connectivity index (χ2v) is 2.96. The maximum Gasteiger partial charge on any atom is 0.117 e. The Labute approximate surface area is 82.8 Å². The van der Waals surface area contributed by atoms with E-state index in [-0.39, 0.29) is 5.75 Å². The summed E-state index contributed by atoms with van der Waals surface area (Å²) in [5.41, 5.74) is 1.85. The van der Waals surface area contributed by atoms with Crippen LogP contribution < -0.4 is 5.32 Å². The summed E-state index contributed by atoms with van der Waals surface area (Å²) in [6.07, 6.45) is 0. The summed E-state index contributed by atoms with van der Waals surface area (Å²) in [6.45, 7) is 0. The van der Waals surface area contributed by atoms with Crippen molar-refractivity contribution >= 4 is 11.4 Å². The van der Waals surface area contributed by atoms with E-state index in [0.29, 0.717) is 0 Å². The maximum absolute atomic E-state index is 9.24. The zero-order valence-corrected chi connectivity index (χ0v) is 7.57. The number of hydrogen-bond acceptors (Lipinski definition) is 2. The van der Waals surface area contributed by atoms with Gasteiger partial charge in [0.05, 0.1) is 0 Å². The maximum atomic E-state index is 9.24. The average molecular weight is 184 g/mol. The minimum Gasteiger partial charge on any atom is -0.508 e. The number of nitrogens with one attached hydrogen (secondary N) is 1. The minimum absolute atomic E-state index is 0.262. The lowest BCUT2D eigenvalue weighted by Gasteiger charge is -2.05. The van der Waals surface area contributed by atoms with Gasteiger partial charge in [-0.3, -0.25) is 0 Å². The molecule has 0 aliphatic rings. The van der Waals surface area contributed by atoms with E-state index in [1.54, 1.807) is 18.2 Å². The molecule has 1 radical (unpaired) electrons. The molecule has 0 atom stereocenters. The summed E-state index contributed by atoms with van der Waals surface area (Å²) in [4.78, 5) is 0. The average Bonchev–Trinajstić information content (AvgIpc) is 2.19. The molecule has 0 unspecified atom stereocenters. The molecule has 0 spiro atoms. The molecule has 2 aromatic carbocycles. The number of hydrogen-bond donors (Lipinski definition) is 2. The highest BCUT2D eigenvalue weighted by molar-refractivity contribution is 5.60. The summed E-state index contributed by atoms with van der Waals surface area (Å²) in [7, 11) is 0. The van der Waals surface area contributed by atoms with Crippen molar-refractivity contribution in [2.24, 2.45) is 0 Å². The van der Waals surface area contributed by atoms with Gasteiger partial charge in [-0.25, -0.2) is 0 Å². The predicted octanol–water partition coefficient (Wildman–Crippen LogP) is 2.94. The van der Waals surface area contributed by atoms with Crippen LogP contribution in [0.1, 0.15) is 0 Å². The van der Waals surface area contributed by atoms with Crippen molar-refractivity contribution in [3.63, 3.8) is 0 Å². The van der Waals surface area contributed by atoms with Gasteiger partial charge >= 0.3 is 0 Å². The van der Waals surface area contributed by atoms with Gasteiger partial charge in [0.25, 0.3) is 0 Å². The lowest BCUT2D eigenvalue weighted by molar-refractivity contribution is 0.475. The summed E-state index contributed by atoms with van der Waals surface area (Å²) in [6, 6.07) is 17.5. The predicted molar refractivity (Wildman–Crippen MR) is 56.7 cm³/mol. The van der Waals surface area contributed by atoms with Crippen molar-refractivity contribution in [3.05, 3.63) is 54.6 Å². The van der Waals surface area contributed by atoms with Crippen LogP contribution in [0.4, 0.5) is 11.4 Å². The van der Waals surface area contributed by atoms with E-state index in [1.165, 1.54) is 0 Å². The summed E-state index contributed by atoms with van der Waals surface area (Å²) >= 11 is 0. The van der Waals surface area contributed by atoms with Crippen molar-refractivity contribution < 1.29 is 5.11 Å². The molecule has 0 aliphatic carbocycles. The second kappa shape index (κ2) is 3.83. The zero-order valence-electron chi connectivity index (χ0n) is 7.57. The Hall–Kier alpha value is -1.96. The van der Waals surface area contributed by atoms with E-state index in [0.717, 1.165) is 11.4 Å². The molecule has 2 N–H and O–H groups in total. The van der Waals surface area contributed by atoms with E-state index in [2.05, 4.69) is 11.4 Å². The van der Waals surface area contributed by atoms with E-state index < -0.39 is 0 Å². The Morgan fingerprint density at radius 2 is 1.79 bits per heavy atom. The number of phenolic OH excluding ortho intramolecular Hbond substituents is 1. The third-order valence-corrected chi connectivity index (χ3v) is 1.85. The molecule has 0 bridgehead atoms. The largest absolute Gasteiger partial charge is 0.508 e. The van der Waals surface area contributed by atoms with Gasteiger partial charge in [0.1, 0.15) is 5.75 Å². The smallest absolute Gasteiger partial charge is 0.117 e. The van der Waals surface area contributed by atoms with Gasteiger partial charge in [-0.1, -0.05) is 18.2 Å². The standard InChI is InChI=1S/C12H10NO/c14-12-8-4-7-11(9-12)13-10-5-2-1-3-6-10/h2-9,13-14H. The molecule has 69 valence electrons. The fourth-order valence-electron chi connectivity index (χ4n) is 1.22. The van der Waals surface area contributed by atoms with E-state index >= 15 is 0 Å². The molecule has 2 aromatic rings. The molecule has 0 aromatic heterocycles. The molecular formula is C12H10NO. The number of benzene rings is 2. The SMILES string of the molecule is Oc1cccc(Nc2cc[c]cc2)c1.